The first-order valence-electron chi connectivity index (χ1n) is 7.52. The van der Waals surface area contributed by atoms with Crippen molar-refractivity contribution < 1.29 is 9.59 Å². The van der Waals surface area contributed by atoms with Crippen molar-refractivity contribution in [1.29, 1.82) is 0 Å². The number of hydrogen-bond donors (Lipinski definition) is 2. The summed E-state index contributed by atoms with van der Waals surface area (Å²) >= 11 is 0. The Balaban J connectivity index is 2.82. The van der Waals surface area contributed by atoms with Gasteiger partial charge in [0.2, 0.25) is 11.8 Å². The zero-order valence-corrected chi connectivity index (χ0v) is 13.2. The topological polar surface area (TPSA) is 75.4 Å². The van der Waals surface area contributed by atoms with Gasteiger partial charge in [0.1, 0.15) is 6.04 Å². The minimum Gasteiger partial charge on any atom is -0.357 e. The van der Waals surface area contributed by atoms with Crippen molar-refractivity contribution in [1.82, 2.24) is 10.2 Å². The van der Waals surface area contributed by atoms with E-state index in [2.05, 4.69) is 26.1 Å². The second-order valence-electron chi connectivity index (χ2n) is 6.85. The number of likely N-dealkylation sites (tertiary alicyclic amines) is 1. The number of nitrogens with zero attached hydrogens (tertiary/aromatic N) is 1. The molecule has 1 aliphatic rings. The second-order valence-corrected chi connectivity index (χ2v) is 6.85. The maximum absolute atomic E-state index is 12.7. The molecule has 1 saturated heterocycles. The summed E-state index contributed by atoms with van der Waals surface area (Å²) in [5.74, 6) is -0.222. The monoisotopic (exact) mass is 283 g/mol. The molecule has 116 valence electrons. The molecule has 0 aromatic rings. The molecular formula is C15H29N3O2. The van der Waals surface area contributed by atoms with E-state index >= 15 is 0 Å². The van der Waals surface area contributed by atoms with Crippen LogP contribution in [0, 0.1) is 11.3 Å². The summed E-state index contributed by atoms with van der Waals surface area (Å²) in [6.07, 6.45) is 3.46. The van der Waals surface area contributed by atoms with Crippen molar-refractivity contribution >= 4 is 11.8 Å². The highest BCUT2D eigenvalue weighted by molar-refractivity contribution is 5.88. The van der Waals surface area contributed by atoms with Gasteiger partial charge >= 0.3 is 0 Å². The Morgan fingerprint density at radius 3 is 2.50 bits per heavy atom. The van der Waals surface area contributed by atoms with Crippen LogP contribution < -0.4 is 11.1 Å². The standard InChI is InChI=1S/C15H29N3O2/c1-15(2,3)9-11(10-16)14(20)18-8-6-5-7-12(18)13(19)17-4/h11-12H,5-10,16H2,1-4H3,(H,17,19). The zero-order chi connectivity index (χ0) is 15.3. The molecule has 20 heavy (non-hydrogen) atoms. The van der Waals surface area contributed by atoms with Crippen LogP contribution in [0.15, 0.2) is 0 Å². The van der Waals surface area contributed by atoms with Crippen molar-refractivity contribution in [2.45, 2.75) is 52.5 Å². The molecule has 1 aliphatic heterocycles. The highest BCUT2D eigenvalue weighted by atomic mass is 16.2. The molecule has 0 bridgehead atoms. The van der Waals surface area contributed by atoms with Crippen molar-refractivity contribution in [2.75, 3.05) is 20.1 Å². The molecule has 0 saturated carbocycles. The maximum Gasteiger partial charge on any atom is 0.242 e. The van der Waals surface area contributed by atoms with E-state index in [-0.39, 0.29) is 29.2 Å². The minimum absolute atomic E-state index is 0.0377. The van der Waals surface area contributed by atoms with Gasteiger partial charge in [0, 0.05) is 20.1 Å². The Bertz CT molecular complexity index is 350. The number of amides is 2. The molecule has 1 heterocycles. The van der Waals surface area contributed by atoms with Crippen LogP contribution in [0.1, 0.15) is 46.5 Å². The fourth-order valence-corrected chi connectivity index (χ4v) is 2.88. The van der Waals surface area contributed by atoms with Gasteiger partial charge in [-0.25, -0.2) is 0 Å². The van der Waals surface area contributed by atoms with Gasteiger partial charge in [-0.2, -0.15) is 0 Å². The highest BCUT2D eigenvalue weighted by Crippen LogP contribution is 2.27. The summed E-state index contributed by atoms with van der Waals surface area (Å²) in [6.45, 7) is 7.32. The Labute approximate surface area is 122 Å². The van der Waals surface area contributed by atoms with E-state index in [1.54, 1.807) is 11.9 Å². The van der Waals surface area contributed by atoms with Gasteiger partial charge in [0.25, 0.3) is 0 Å². The Morgan fingerprint density at radius 2 is 2.00 bits per heavy atom. The molecule has 0 spiro atoms. The Morgan fingerprint density at radius 1 is 1.35 bits per heavy atom. The Kier molecular flexibility index (Phi) is 5.99. The van der Waals surface area contributed by atoms with Crippen molar-refractivity contribution in [2.24, 2.45) is 17.1 Å². The van der Waals surface area contributed by atoms with Crippen LogP contribution in [0.5, 0.6) is 0 Å². The molecule has 5 heteroatoms. The number of carbonyl (C=O) groups is 2. The average Bonchev–Trinajstić information content (AvgIpc) is 2.42. The van der Waals surface area contributed by atoms with E-state index in [4.69, 9.17) is 5.73 Å². The number of likely N-dealkylation sites (N-methyl/N-ethyl adjacent to an activating group) is 1. The molecule has 2 unspecified atom stereocenters. The molecule has 2 amide bonds. The lowest BCUT2D eigenvalue weighted by Gasteiger charge is -2.37. The molecule has 1 rings (SSSR count). The first-order valence-corrected chi connectivity index (χ1v) is 7.52. The summed E-state index contributed by atoms with van der Waals surface area (Å²) in [5, 5.41) is 2.66. The lowest BCUT2D eigenvalue weighted by molar-refractivity contribution is -0.145. The van der Waals surface area contributed by atoms with E-state index in [9.17, 15) is 9.59 Å². The minimum atomic E-state index is -0.324. The van der Waals surface area contributed by atoms with Crippen LogP contribution in [0.25, 0.3) is 0 Å². The normalized spacial score (nSPS) is 21.4. The van der Waals surface area contributed by atoms with Gasteiger partial charge in [0.05, 0.1) is 5.92 Å². The largest absolute Gasteiger partial charge is 0.357 e. The van der Waals surface area contributed by atoms with Gasteiger partial charge in [-0.15, -0.1) is 0 Å². The molecule has 5 nitrogen and oxygen atoms in total. The van der Waals surface area contributed by atoms with Gasteiger partial charge in [-0.3, -0.25) is 9.59 Å². The molecule has 3 N–H and O–H groups in total. The van der Waals surface area contributed by atoms with Gasteiger partial charge in [-0.05, 0) is 31.1 Å². The quantitative estimate of drug-likeness (QED) is 0.812. The number of rotatable bonds is 4. The van der Waals surface area contributed by atoms with Crippen LogP contribution in [0.2, 0.25) is 0 Å². The lowest BCUT2D eigenvalue weighted by Crippen LogP contribution is -2.54. The van der Waals surface area contributed by atoms with Crippen LogP contribution >= 0.6 is 0 Å². The van der Waals surface area contributed by atoms with Crippen molar-refractivity contribution in [3.05, 3.63) is 0 Å². The SMILES string of the molecule is CNC(=O)C1CCCCN1C(=O)C(CN)CC(C)(C)C. The van der Waals surface area contributed by atoms with Gasteiger partial charge in [-0.1, -0.05) is 20.8 Å². The molecule has 0 aliphatic carbocycles. The number of carbonyl (C=O) groups excluding carboxylic acids is 2. The number of nitrogens with one attached hydrogen (secondary N) is 1. The highest BCUT2D eigenvalue weighted by Gasteiger charge is 2.35. The molecule has 0 aromatic carbocycles. The summed E-state index contributed by atoms with van der Waals surface area (Å²) in [5.41, 5.74) is 5.85. The summed E-state index contributed by atoms with van der Waals surface area (Å²) in [4.78, 5) is 26.4. The van der Waals surface area contributed by atoms with Crippen molar-refractivity contribution in [3.63, 3.8) is 0 Å². The third kappa shape index (κ3) is 4.47. The van der Waals surface area contributed by atoms with Crippen LogP contribution in [0.4, 0.5) is 0 Å². The van der Waals surface area contributed by atoms with Crippen molar-refractivity contribution in [3.8, 4) is 0 Å². The van der Waals surface area contributed by atoms with Crippen LogP contribution in [-0.2, 0) is 9.59 Å². The molecule has 0 aromatic heterocycles. The van der Waals surface area contributed by atoms with E-state index in [0.717, 1.165) is 25.7 Å². The average molecular weight is 283 g/mol. The summed E-state index contributed by atoms with van der Waals surface area (Å²) < 4.78 is 0. The number of nitrogens with two attached hydrogens (primary N) is 1. The first-order chi connectivity index (χ1) is 9.30. The fourth-order valence-electron chi connectivity index (χ4n) is 2.88. The maximum atomic E-state index is 12.7. The fraction of sp³-hybridized carbons (Fsp3) is 0.867. The van der Waals surface area contributed by atoms with E-state index in [1.807, 2.05) is 0 Å². The van der Waals surface area contributed by atoms with E-state index < -0.39 is 0 Å². The molecule has 2 atom stereocenters. The first kappa shape index (κ1) is 17.0. The summed E-state index contributed by atoms with van der Waals surface area (Å²) in [6, 6.07) is -0.324. The molecule has 1 fully saturated rings. The van der Waals surface area contributed by atoms with Gasteiger partial charge < -0.3 is 16.0 Å². The predicted molar refractivity (Wildman–Crippen MR) is 80.0 cm³/mol. The van der Waals surface area contributed by atoms with Crippen LogP contribution in [0.3, 0.4) is 0 Å². The molecule has 0 radical (unpaired) electrons. The third-order valence-corrected chi connectivity index (χ3v) is 3.83. The molecular weight excluding hydrogens is 254 g/mol. The third-order valence-electron chi connectivity index (χ3n) is 3.83. The van der Waals surface area contributed by atoms with Crippen LogP contribution in [-0.4, -0.2) is 42.9 Å². The van der Waals surface area contributed by atoms with E-state index in [0.29, 0.717) is 13.1 Å². The number of piperidine rings is 1. The second kappa shape index (κ2) is 7.07. The Hall–Kier alpha value is -1.10. The van der Waals surface area contributed by atoms with E-state index in [1.165, 1.54) is 0 Å². The number of hydrogen-bond acceptors (Lipinski definition) is 3. The van der Waals surface area contributed by atoms with Gasteiger partial charge in [0.15, 0.2) is 0 Å². The zero-order valence-electron chi connectivity index (χ0n) is 13.2. The predicted octanol–water partition coefficient (Wildman–Crippen LogP) is 1.12. The smallest absolute Gasteiger partial charge is 0.242 e. The summed E-state index contributed by atoms with van der Waals surface area (Å²) in [7, 11) is 1.62. The lowest BCUT2D eigenvalue weighted by atomic mass is 9.83.